The smallest absolute Gasteiger partial charge is 0.244 e. The van der Waals surface area contributed by atoms with E-state index in [1.165, 1.54) is 325 Å². The molecule has 0 saturated carbocycles. The van der Waals surface area contributed by atoms with E-state index in [-0.39, 0.29) is 76.2 Å². The number of Topliss-reactive ketones (excluding diaryl/α,β-unsaturated/α-hetero) is 2. The second-order valence-corrected chi connectivity index (χ2v) is 45.7. The van der Waals surface area contributed by atoms with Gasteiger partial charge in [-0.2, -0.15) is 0 Å². The minimum atomic E-state index is -0.534. The molecule has 1 N–H and O–H groups in total. The van der Waals surface area contributed by atoms with Gasteiger partial charge >= 0.3 is 0 Å². The molecule has 0 bridgehead atoms. The summed E-state index contributed by atoms with van der Waals surface area (Å²) in [6.07, 6.45) is 117. The van der Waals surface area contributed by atoms with Crippen molar-refractivity contribution in [2.75, 3.05) is 0 Å². The van der Waals surface area contributed by atoms with Gasteiger partial charge in [0.1, 0.15) is 5.78 Å². The molecule has 778 valence electrons. The summed E-state index contributed by atoms with van der Waals surface area (Å²) in [6.45, 7) is 44.2. The highest BCUT2D eigenvalue weighted by Gasteiger charge is 2.31. The molecule has 0 spiro atoms. The topological polar surface area (TPSA) is 114 Å². The van der Waals surface area contributed by atoms with Crippen molar-refractivity contribution >= 4 is 34.8 Å². The van der Waals surface area contributed by atoms with Crippen LogP contribution in [0.1, 0.15) is 525 Å². The second-order valence-electron chi connectivity index (χ2n) is 45.7. The SMILES string of the molecule is C.CC1=C(/C=C/C(C)=C/C=C/C(C)=C/C(=O)CCCCCC(CC(=O)/C=C(C)/C=C/C=C(C)/C=C/C2=C(C)CCCC2(C)C)C(=O)CCCCCCCCCCCCCCCCCCCCCCCCCCCCCCCCCCCCC(=O)C(CCCCCC(=O)/C=C(C)/C=C/C=C(C)/C=C/C2=C(C)CCCC2(C)C)NC(=O)/C=C(C)/C=C/C=C(C)/C=C/C2=C(C)CCCC2(C)C)C(C)(C)CCC1. The number of allylic oxidation sites excluding steroid dienone is 39. The quantitative estimate of drug-likeness (QED) is 0.0369. The summed E-state index contributed by atoms with van der Waals surface area (Å²) in [5.41, 5.74) is 20.9. The lowest BCUT2D eigenvalue weighted by atomic mass is 9.72. The van der Waals surface area contributed by atoms with Crippen molar-refractivity contribution in [3.05, 3.63) is 235 Å². The second kappa shape index (κ2) is 73.6. The van der Waals surface area contributed by atoms with E-state index in [9.17, 15) is 28.8 Å². The van der Waals surface area contributed by atoms with Crippen molar-refractivity contribution in [2.45, 2.75) is 531 Å². The third kappa shape index (κ3) is 58.8. The Bertz CT molecular complexity index is 4060. The number of carbonyl (C=O) groups is 6. The van der Waals surface area contributed by atoms with E-state index in [1.807, 2.05) is 76.3 Å². The van der Waals surface area contributed by atoms with Crippen LogP contribution in [0.4, 0.5) is 0 Å². The zero-order valence-electron chi connectivity index (χ0n) is 92.7. The molecule has 7 heteroatoms. The monoisotopic (exact) mass is 1900 g/mol. The Labute approximate surface area is 856 Å². The van der Waals surface area contributed by atoms with Gasteiger partial charge in [0, 0.05) is 44.1 Å². The molecule has 0 radical (unpaired) electrons. The minimum absolute atomic E-state index is 0. The maximum atomic E-state index is 13.9. The van der Waals surface area contributed by atoms with E-state index >= 15 is 0 Å². The summed E-state index contributed by atoms with van der Waals surface area (Å²) in [7, 11) is 0. The van der Waals surface area contributed by atoms with E-state index in [4.69, 9.17) is 0 Å². The lowest BCUT2D eigenvalue weighted by Crippen LogP contribution is -2.40. The summed E-state index contributed by atoms with van der Waals surface area (Å²) < 4.78 is 0. The van der Waals surface area contributed by atoms with Crippen LogP contribution in [0, 0.1) is 27.6 Å². The Hall–Kier alpha value is -7.38. The summed E-state index contributed by atoms with van der Waals surface area (Å²) in [6, 6.07) is -0.534. The fourth-order valence-electron chi connectivity index (χ4n) is 21.4. The normalized spacial score (nSPS) is 17.9. The molecule has 0 heterocycles. The van der Waals surface area contributed by atoms with Crippen molar-refractivity contribution in [1.82, 2.24) is 5.32 Å². The van der Waals surface area contributed by atoms with Crippen molar-refractivity contribution in [2.24, 2.45) is 27.6 Å². The maximum Gasteiger partial charge on any atom is 0.244 e. The van der Waals surface area contributed by atoms with Crippen LogP contribution in [-0.4, -0.2) is 40.9 Å². The van der Waals surface area contributed by atoms with Gasteiger partial charge in [0.25, 0.3) is 0 Å². The first-order valence-electron chi connectivity index (χ1n) is 56.6. The number of carbonyl (C=O) groups excluding carboxylic acids is 6. The van der Waals surface area contributed by atoms with Crippen LogP contribution in [0.2, 0.25) is 0 Å². The Morgan fingerprint density at radius 1 is 0.266 bits per heavy atom. The van der Waals surface area contributed by atoms with Gasteiger partial charge in [-0.1, -0.05) is 460 Å². The van der Waals surface area contributed by atoms with Gasteiger partial charge in [0.05, 0.1) is 6.04 Å². The van der Waals surface area contributed by atoms with Gasteiger partial charge in [-0.05, 0) is 283 Å². The molecule has 0 aromatic rings. The van der Waals surface area contributed by atoms with Crippen molar-refractivity contribution < 1.29 is 28.8 Å². The molecule has 7 nitrogen and oxygen atoms in total. The van der Waals surface area contributed by atoms with E-state index in [0.29, 0.717) is 38.5 Å². The molecule has 0 aromatic carbocycles. The van der Waals surface area contributed by atoms with Crippen LogP contribution in [-0.2, 0) is 28.8 Å². The highest BCUT2D eigenvalue weighted by atomic mass is 16.2. The number of ketones is 5. The van der Waals surface area contributed by atoms with Gasteiger partial charge in [-0.15, -0.1) is 0 Å². The molecule has 2 unspecified atom stereocenters. The number of hydrogen-bond acceptors (Lipinski definition) is 6. The van der Waals surface area contributed by atoms with Gasteiger partial charge in [0.2, 0.25) is 5.91 Å². The van der Waals surface area contributed by atoms with Crippen molar-refractivity contribution in [1.29, 1.82) is 0 Å². The molecule has 1 amide bonds. The Morgan fingerprint density at radius 3 is 0.755 bits per heavy atom. The van der Waals surface area contributed by atoms with E-state index in [2.05, 4.69) is 189 Å². The van der Waals surface area contributed by atoms with Crippen LogP contribution < -0.4 is 5.32 Å². The van der Waals surface area contributed by atoms with Crippen molar-refractivity contribution in [3.63, 3.8) is 0 Å². The molecule has 2 atom stereocenters. The average molecular weight is 1910 g/mol. The first-order valence-corrected chi connectivity index (χ1v) is 56.6. The summed E-state index contributed by atoms with van der Waals surface area (Å²) in [4.78, 5) is 81.0. The van der Waals surface area contributed by atoms with Crippen LogP contribution in [0.25, 0.3) is 0 Å². The number of rotatable bonds is 74. The first-order chi connectivity index (χ1) is 66.0. The lowest BCUT2D eigenvalue weighted by Gasteiger charge is -2.33. The number of nitrogens with one attached hydrogen (secondary N) is 1. The van der Waals surface area contributed by atoms with Crippen LogP contribution in [0.3, 0.4) is 0 Å². The molecule has 4 rings (SSSR count). The molecule has 0 aromatic heterocycles. The zero-order valence-corrected chi connectivity index (χ0v) is 92.7. The van der Waals surface area contributed by atoms with Crippen LogP contribution >= 0.6 is 0 Å². The first kappa shape index (κ1) is 126. The Kier molecular flexibility index (Phi) is 66.6. The van der Waals surface area contributed by atoms with E-state index in [0.717, 1.165) is 98.5 Å². The average Bonchev–Trinajstić information content (AvgIpc) is 0.834. The van der Waals surface area contributed by atoms with Gasteiger partial charge in [0.15, 0.2) is 23.1 Å². The number of amides is 1. The molecular weight excluding hydrogens is 1700 g/mol. The fourth-order valence-corrected chi connectivity index (χ4v) is 21.4. The third-order valence-corrected chi connectivity index (χ3v) is 30.2. The molecule has 0 saturated heterocycles. The summed E-state index contributed by atoms with van der Waals surface area (Å²) in [5, 5.41) is 3.11. The standard InChI is InChI=1S/C131H205NO6.CH4/c1-104(87-91-120-112(9)77-65-95-128(120,13)14)69-61-73-108(5)99-117(133)82-56-53-55-81-116(103-119(135)101-110(7)75-63-71-106(3)89-93-122-114(11)79-67-97-130(122,17)18)125(136)85-59-51-49-47-45-43-41-39-37-35-33-31-29-27-25-23-21-22-24-26-28-30-32-34-36-38-40-42-44-46-48-50-52-60-86-126(137)124(132-127(138)102-111(8)76-64-72-107(4)90-94-123-115(12)80-68-98-131(123,19)20)84-58-54-57-83-118(134)100-109(6)74-62-70-105(2)88-92-121-113(10)78-66-96-129(121,15)16;/h61-64,69-76,87-94,99-102,116,124H,21-60,65-68,77-86,95-98,103H2,1-20H3,(H,132,138);1H4/b73-61+,74-62+,75-63+,76-64+,91-87+,92-88+,93-89+,94-90+,104-69+,105-70+,106-71+,107-72+,108-99+,109-100+,110-101+,111-102+;. The molecule has 4 aliphatic carbocycles. The van der Waals surface area contributed by atoms with Crippen LogP contribution in [0.5, 0.6) is 0 Å². The number of hydrogen-bond donors (Lipinski definition) is 1. The summed E-state index contributed by atoms with van der Waals surface area (Å²) >= 11 is 0. The predicted octanol–water partition coefficient (Wildman–Crippen LogP) is 40.0. The maximum absolute atomic E-state index is 13.9. The molecule has 4 aliphatic rings. The third-order valence-electron chi connectivity index (χ3n) is 30.2. The summed E-state index contributed by atoms with van der Waals surface area (Å²) in [5.74, 6) is 0.105. The van der Waals surface area contributed by atoms with Gasteiger partial charge < -0.3 is 5.32 Å². The lowest BCUT2D eigenvalue weighted by molar-refractivity contribution is -0.126. The molecule has 0 aliphatic heterocycles. The van der Waals surface area contributed by atoms with E-state index in [1.54, 1.807) is 24.3 Å². The van der Waals surface area contributed by atoms with E-state index < -0.39 is 6.04 Å². The van der Waals surface area contributed by atoms with Crippen LogP contribution in [0.15, 0.2) is 235 Å². The fraction of sp³-hybridized carbons (Fsp3) is 0.652. The highest BCUT2D eigenvalue weighted by molar-refractivity contribution is 5.95. The Balaban J connectivity index is 0.0000497. The zero-order chi connectivity index (χ0) is 101. The predicted molar refractivity (Wildman–Crippen MR) is 609 cm³/mol. The van der Waals surface area contributed by atoms with Gasteiger partial charge in [-0.3, -0.25) is 28.8 Å². The minimum Gasteiger partial charge on any atom is -0.343 e. The van der Waals surface area contributed by atoms with Crippen molar-refractivity contribution in [3.8, 4) is 0 Å². The van der Waals surface area contributed by atoms with Gasteiger partial charge in [-0.25, -0.2) is 0 Å². The largest absolute Gasteiger partial charge is 0.343 e. The Morgan fingerprint density at radius 2 is 0.489 bits per heavy atom. The molecule has 139 heavy (non-hydrogen) atoms. The molecular formula is C132H209NO6. The molecule has 0 fully saturated rings. The number of unbranched alkanes of at least 4 members (excludes halogenated alkanes) is 37. The highest BCUT2D eigenvalue weighted by Crippen LogP contribution is 2.45.